The van der Waals surface area contributed by atoms with Gasteiger partial charge in [-0.2, -0.15) is 5.10 Å². The van der Waals surface area contributed by atoms with Crippen molar-refractivity contribution >= 4 is 27.5 Å². The molecule has 3 heterocycles. The summed E-state index contributed by atoms with van der Waals surface area (Å²) in [4.78, 5) is 30.1. The van der Waals surface area contributed by atoms with Crippen LogP contribution in [0.2, 0.25) is 0 Å². The number of nitrogens with zero attached hydrogens (tertiary/aromatic N) is 4. The minimum absolute atomic E-state index is 0.118. The van der Waals surface area contributed by atoms with Crippen molar-refractivity contribution in [2.75, 3.05) is 0 Å². The number of carbonyl (C=O) groups excluding carboxylic acids is 1. The van der Waals surface area contributed by atoms with Crippen molar-refractivity contribution in [3.63, 3.8) is 0 Å². The van der Waals surface area contributed by atoms with Crippen molar-refractivity contribution in [1.29, 1.82) is 0 Å². The highest BCUT2D eigenvalue weighted by Crippen LogP contribution is 2.22. The van der Waals surface area contributed by atoms with Gasteiger partial charge < -0.3 is 5.32 Å². The summed E-state index contributed by atoms with van der Waals surface area (Å²) in [6.45, 7) is 1.28. The summed E-state index contributed by atoms with van der Waals surface area (Å²) in [5, 5.41) is 10.2. The van der Waals surface area contributed by atoms with Crippen LogP contribution in [0, 0.1) is 0 Å². The second kappa shape index (κ2) is 9.84. The Morgan fingerprint density at radius 2 is 1.76 bits per heavy atom. The summed E-state index contributed by atoms with van der Waals surface area (Å²) in [5.74, 6) is -0.132. The lowest BCUT2D eigenvalue weighted by Gasteiger charge is -2.07. The molecule has 0 aliphatic heterocycles. The van der Waals surface area contributed by atoms with Crippen molar-refractivity contribution in [3.05, 3.63) is 106 Å². The first-order chi connectivity index (χ1) is 16.7. The number of thiophene rings is 1. The fourth-order valence-electron chi connectivity index (χ4n) is 3.84. The summed E-state index contributed by atoms with van der Waals surface area (Å²) in [6, 6.07) is 21.9. The zero-order valence-corrected chi connectivity index (χ0v) is 19.2. The maximum Gasteiger partial charge on any atom is 0.262 e. The Kier molecular flexibility index (Phi) is 6.31. The molecular weight excluding hydrogens is 446 g/mol. The van der Waals surface area contributed by atoms with Crippen LogP contribution in [-0.2, 0) is 24.4 Å². The van der Waals surface area contributed by atoms with Gasteiger partial charge in [0.25, 0.3) is 5.56 Å². The van der Waals surface area contributed by atoms with Crippen LogP contribution < -0.4 is 10.9 Å². The van der Waals surface area contributed by atoms with Gasteiger partial charge in [-0.25, -0.2) is 4.98 Å². The van der Waals surface area contributed by atoms with Gasteiger partial charge in [0.1, 0.15) is 4.83 Å². The van der Waals surface area contributed by atoms with Gasteiger partial charge >= 0.3 is 0 Å². The van der Waals surface area contributed by atoms with Crippen molar-refractivity contribution in [3.8, 4) is 11.3 Å². The molecule has 0 aliphatic carbocycles. The number of rotatable bonds is 8. The molecule has 0 unspecified atom stereocenters. The van der Waals surface area contributed by atoms with Gasteiger partial charge in [0.15, 0.2) is 0 Å². The zero-order valence-electron chi connectivity index (χ0n) is 18.4. The number of amides is 1. The van der Waals surface area contributed by atoms with Crippen LogP contribution in [0.25, 0.3) is 21.5 Å². The maximum atomic E-state index is 12.6. The lowest BCUT2D eigenvalue weighted by molar-refractivity contribution is -0.121. The Morgan fingerprint density at radius 3 is 2.56 bits per heavy atom. The molecule has 0 fully saturated rings. The molecule has 8 heteroatoms. The average Bonchev–Trinajstić information content (AvgIpc) is 3.51. The maximum absolute atomic E-state index is 12.6. The van der Waals surface area contributed by atoms with Crippen LogP contribution in [-0.4, -0.2) is 25.2 Å². The molecule has 0 aliphatic rings. The van der Waals surface area contributed by atoms with Gasteiger partial charge in [-0.1, -0.05) is 60.7 Å². The van der Waals surface area contributed by atoms with Crippen LogP contribution in [0.5, 0.6) is 0 Å². The van der Waals surface area contributed by atoms with Gasteiger partial charge in [0.2, 0.25) is 5.91 Å². The van der Waals surface area contributed by atoms with E-state index in [1.807, 2.05) is 64.8 Å². The van der Waals surface area contributed by atoms with Gasteiger partial charge in [0.05, 0.1) is 24.0 Å². The van der Waals surface area contributed by atoms with Crippen LogP contribution in [0.15, 0.2) is 89.4 Å². The number of hydrogen-bond donors (Lipinski definition) is 1. The van der Waals surface area contributed by atoms with E-state index in [-0.39, 0.29) is 24.4 Å². The Labute approximate surface area is 200 Å². The number of fused-ring (bicyclic) bond motifs is 1. The Hall–Kier alpha value is -4.04. The van der Waals surface area contributed by atoms with E-state index >= 15 is 0 Å². The van der Waals surface area contributed by atoms with Crippen molar-refractivity contribution < 1.29 is 4.79 Å². The second-order valence-corrected chi connectivity index (χ2v) is 8.86. The van der Waals surface area contributed by atoms with E-state index < -0.39 is 0 Å². The minimum Gasteiger partial charge on any atom is -0.352 e. The quantitative estimate of drug-likeness (QED) is 0.371. The molecule has 0 bridgehead atoms. The first kappa shape index (κ1) is 21.8. The van der Waals surface area contributed by atoms with E-state index in [1.54, 1.807) is 6.07 Å². The molecule has 1 amide bonds. The Bertz CT molecular complexity index is 1470. The average molecular weight is 470 g/mol. The highest BCUT2D eigenvalue weighted by atomic mass is 32.1. The monoisotopic (exact) mass is 469 g/mol. The number of carbonyl (C=O) groups is 1. The van der Waals surface area contributed by atoms with E-state index in [1.165, 1.54) is 22.2 Å². The van der Waals surface area contributed by atoms with E-state index in [4.69, 9.17) is 5.10 Å². The lowest BCUT2D eigenvalue weighted by Crippen LogP contribution is -2.27. The Balaban J connectivity index is 1.28. The third-order valence-corrected chi connectivity index (χ3v) is 6.40. The zero-order chi connectivity index (χ0) is 23.3. The lowest BCUT2D eigenvalue weighted by atomic mass is 10.1. The molecule has 1 N–H and O–H groups in total. The Morgan fingerprint density at radius 1 is 1.00 bits per heavy atom. The highest BCUT2D eigenvalue weighted by Gasteiger charge is 2.13. The molecule has 170 valence electrons. The largest absolute Gasteiger partial charge is 0.352 e. The molecule has 0 saturated carbocycles. The molecule has 0 radical (unpaired) electrons. The standard InChI is InChI=1S/C26H23N5O2S/c32-23(11-13-30-18-28-25-22(26(30)33)12-14-34-25)27-15-21-17-31(16-19-7-3-1-4-8-19)29-24(21)20-9-5-2-6-10-20/h1-10,12,14,17-18H,11,13,15-16H2,(H,27,32). The highest BCUT2D eigenvalue weighted by molar-refractivity contribution is 7.16. The molecular formula is C26H23N5O2S. The molecule has 3 aromatic heterocycles. The molecule has 2 aromatic carbocycles. The molecule has 5 aromatic rings. The van der Waals surface area contributed by atoms with E-state index in [9.17, 15) is 9.59 Å². The van der Waals surface area contributed by atoms with Crippen molar-refractivity contribution in [2.24, 2.45) is 0 Å². The normalized spacial score (nSPS) is 11.1. The van der Waals surface area contributed by atoms with E-state index in [0.29, 0.717) is 23.3 Å². The molecule has 34 heavy (non-hydrogen) atoms. The number of aryl methyl sites for hydroxylation is 1. The fourth-order valence-corrected chi connectivity index (χ4v) is 4.56. The summed E-state index contributed by atoms with van der Waals surface area (Å²) in [7, 11) is 0. The number of nitrogens with one attached hydrogen (secondary N) is 1. The molecule has 0 atom stereocenters. The topological polar surface area (TPSA) is 81.8 Å². The van der Waals surface area contributed by atoms with Crippen LogP contribution in [0.3, 0.4) is 0 Å². The van der Waals surface area contributed by atoms with Gasteiger partial charge in [0, 0.05) is 36.8 Å². The van der Waals surface area contributed by atoms with Crippen LogP contribution >= 0.6 is 11.3 Å². The van der Waals surface area contributed by atoms with Gasteiger partial charge in [-0.05, 0) is 17.0 Å². The van der Waals surface area contributed by atoms with Gasteiger partial charge in [-0.15, -0.1) is 11.3 Å². The summed E-state index contributed by atoms with van der Waals surface area (Å²) < 4.78 is 3.39. The van der Waals surface area contributed by atoms with E-state index in [2.05, 4.69) is 22.4 Å². The molecule has 0 saturated heterocycles. The third kappa shape index (κ3) is 4.82. The predicted octanol–water partition coefficient (Wildman–Crippen LogP) is 4.08. The second-order valence-electron chi connectivity index (χ2n) is 7.96. The number of aromatic nitrogens is 4. The summed E-state index contributed by atoms with van der Waals surface area (Å²) in [6.07, 6.45) is 3.68. The van der Waals surface area contributed by atoms with E-state index in [0.717, 1.165) is 22.4 Å². The smallest absolute Gasteiger partial charge is 0.262 e. The summed E-state index contributed by atoms with van der Waals surface area (Å²) in [5.41, 5.74) is 3.82. The minimum atomic E-state index is -0.132. The third-order valence-electron chi connectivity index (χ3n) is 5.58. The van der Waals surface area contributed by atoms with Crippen molar-refractivity contribution in [1.82, 2.24) is 24.6 Å². The predicted molar refractivity (Wildman–Crippen MR) is 134 cm³/mol. The van der Waals surface area contributed by atoms with Crippen LogP contribution in [0.4, 0.5) is 0 Å². The first-order valence-corrected chi connectivity index (χ1v) is 11.9. The fraction of sp³-hybridized carbons (Fsp3) is 0.154. The SMILES string of the molecule is O=C(CCn1cnc2sccc2c1=O)NCc1cn(Cc2ccccc2)nc1-c1ccccc1. The number of hydrogen-bond acceptors (Lipinski definition) is 5. The summed E-state index contributed by atoms with van der Waals surface area (Å²) >= 11 is 1.43. The van der Waals surface area contributed by atoms with Crippen molar-refractivity contribution in [2.45, 2.75) is 26.1 Å². The molecule has 5 rings (SSSR count). The first-order valence-electron chi connectivity index (χ1n) is 11.0. The number of benzene rings is 2. The van der Waals surface area contributed by atoms with Crippen LogP contribution in [0.1, 0.15) is 17.5 Å². The van der Waals surface area contributed by atoms with Gasteiger partial charge in [-0.3, -0.25) is 18.8 Å². The molecule has 0 spiro atoms. The molecule has 7 nitrogen and oxygen atoms in total.